The van der Waals surface area contributed by atoms with Crippen LogP contribution in [0.1, 0.15) is 16.7 Å². The minimum Gasteiger partial charge on any atom is -0.484 e. The lowest BCUT2D eigenvalue weighted by Gasteiger charge is -2.10. The highest BCUT2D eigenvalue weighted by atomic mass is 19.1. The minimum atomic E-state index is -0.458. The molecule has 0 unspecified atom stereocenters. The van der Waals surface area contributed by atoms with Crippen LogP contribution in [-0.4, -0.2) is 12.5 Å². The Hall–Kier alpha value is -2.36. The lowest BCUT2D eigenvalue weighted by Crippen LogP contribution is -2.20. The van der Waals surface area contributed by atoms with E-state index < -0.39 is 11.7 Å². The van der Waals surface area contributed by atoms with Crippen molar-refractivity contribution in [3.63, 3.8) is 0 Å². The molecule has 0 aromatic heterocycles. The van der Waals surface area contributed by atoms with E-state index in [4.69, 9.17) is 4.74 Å². The molecule has 0 atom stereocenters. The van der Waals surface area contributed by atoms with E-state index in [1.54, 1.807) is 12.1 Å². The predicted molar refractivity (Wildman–Crippen MR) is 81.2 cm³/mol. The zero-order chi connectivity index (χ0) is 15.4. The van der Waals surface area contributed by atoms with Crippen LogP contribution in [0.5, 0.6) is 5.75 Å². The summed E-state index contributed by atoms with van der Waals surface area (Å²) >= 11 is 0. The molecule has 1 N–H and O–H groups in total. The minimum absolute atomic E-state index is 0.157. The van der Waals surface area contributed by atoms with Crippen molar-refractivity contribution in [2.24, 2.45) is 0 Å². The van der Waals surface area contributed by atoms with Crippen LogP contribution >= 0.6 is 0 Å². The van der Waals surface area contributed by atoms with Gasteiger partial charge in [0.15, 0.2) is 6.61 Å². The maximum absolute atomic E-state index is 13.5. The molecule has 0 heterocycles. The molecule has 21 heavy (non-hydrogen) atoms. The van der Waals surface area contributed by atoms with Gasteiger partial charge in [-0.3, -0.25) is 4.79 Å². The molecule has 110 valence electrons. The zero-order valence-corrected chi connectivity index (χ0v) is 12.4. The third kappa shape index (κ3) is 4.05. The first-order valence-electron chi connectivity index (χ1n) is 6.72. The summed E-state index contributed by atoms with van der Waals surface area (Å²) in [7, 11) is 0. The van der Waals surface area contributed by atoms with Gasteiger partial charge in [-0.15, -0.1) is 0 Å². The van der Waals surface area contributed by atoms with E-state index in [0.29, 0.717) is 5.75 Å². The molecule has 0 aliphatic carbocycles. The summed E-state index contributed by atoms with van der Waals surface area (Å²) in [6.45, 7) is 5.66. The molecule has 0 fully saturated rings. The molecule has 0 saturated carbocycles. The Labute approximate surface area is 123 Å². The summed E-state index contributed by atoms with van der Waals surface area (Å²) in [5.74, 6) is -0.226. The third-order valence-corrected chi connectivity index (χ3v) is 3.24. The van der Waals surface area contributed by atoms with Crippen LogP contribution in [-0.2, 0) is 4.79 Å². The van der Waals surface area contributed by atoms with E-state index >= 15 is 0 Å². The van der Waals surface area contributed by atoms with Gasteiger partial charge in [-0.1, -0.05) is 12.1 Å². The van der Waals surface area contributed by atoms with Gasteiger partial charge in [-0.2, -0.15) is 0 Å². The van der Waals surface area contributed by atoms with Crippen molar-refractivity contribution in [1.82, 2.24) is 0 Å². The second-order valence-electron chi connectivity index (χ2n) is 5.07. The zero-order valence-electron chi connectivity index (χ0n) is 12.4. The molecule has 0 saturated heterocycles. The Morgan fingerprint density at radius 1 is 1.10 bits per heavy atom. The van der Waals surface area contributed by atoms with Gasteiger partial charge in [0.25, 0.3) is 5.91 Å². The van der Waals surface area contributed by atoms with Gasteiger partial charge in [-0.25, -0.2) is 4.39 Å². The normalized spacial score (nSPS) is 10.3. The van der Waals surface area contributed by atoms with E-state index in [0.717, 1.165) is 16.7 Å². The topological polar surface area (TPSA) is 38.3 Å². The smallest absolute Gasteiger partial charge is 0.262 e. The molecule has 0 aliphatic heterocycles. The summed E-state index contributed by atoms with van der Waals surface area (Å²) in [5.41, 5.74) is 3.30. The number of hydrogen-bond donors (Lipinski definition) is 1. The molecule has 0 aliphatic rings. The molecule has 1 amide bonds. The molecule has 2 rings (SSSR count). The molecule has 2 aromatic rings. The molecular weight excluding hydrogens is 269 g/mol. The molecule has 4 heteroatoms. The highest BCUT2D eigenvalue weighted by Crippen LogP contribution is 2.17. The standard InChI is InChI=1S/C17H18FNO2/c1-11-4-7-15(18)16(8-11)19-17(20)10-21-14-6-5-12(2)13(3)9-14/h4-9H,10H2,1-3H3,(H,19,20). The van der Waals surface area contributed by atoms with Crippen molar-refractivity contribution in [3.05, 3.63) is 58.9 Å². The Bertz CT molecular complexity index is 668. The van der Waals surface area contributed by atoms with Crippen LogP contribution in [0.15, 0.2) is 36.4 Å². The van der Waals surface area contributed by atoms with Gasteiger partial charge in [0.05, 0.1) is 5.69 Å². The summed E-state index contributed by atoms with van der Waals surface area (Å²) in [4.78, 5) is 11.8. The van der Waals surface area contributed by atoms with Gasteiger partial charge >= 0.3 is 0 Å². The van der Waals surface area contributed by atoms with Crippen LogP contribution < -0.4 is 10.1 Å². The van der Waals surface area contributed by atoms with Gasteiger partial charge in [-0.05, 0) is 61.7 Å². The van der Waals surface area contributed by atoms with E-state index in [2.05, 4.69) is 5.32 Å². The van der Waals surface area contributed by atoms with Gasteiger partial charge in [0.1, 0.15) is 11.6 Å². The molecule has 0 radical (unpaired) electrons. The highest BCUT2D eigenvalue weighted by Gasteiger charge is 2.08. The number of benzene rings is 2. The van der Waals surface area contributed by atoms with E-state index in [1.807, 2.05) is 39.0 Å². The summed E-state index contributed by atoms with van der Waals surface area (Å²) in [6.07, 6.45) is 0. The average Bonchev–Trinajstić information content (AvgIpc) is 2.44. The number of amides is 1. The monoisotopic (exact) mass is 287 g/mol. The second kappa shape index (κ2) is 6.39. The maximum atomic E-state index is 13.5. The van der Waals surface area contributed by atoms with Crippen LogP contribution in [0.2, 0.25) is 0 Å². The van der Waals surface area contributed by atoms with Gasteiger partial charge in [0.2, 0.25) is 0 Å². The largest absolute Gasteiger partial charge is 0.484 e. The molecular formula is C17H18FNO2. The Morgan fingerprint density at radius 3 is 2.57 bits per heavy atom. The average molecular weight is 287 g/mol. The first-order valence-corrected chi connectivity index (χ1v) is 6.72. The number of carbonyl (C=O) groups is 1. The molecule has 0 bridgehead atoms. The van der Waals surface area contributed by atoms with Crippen molar-refractivity contribution >= 4 is 11.6 Å². The fourth-order valence-corrected chi connectivity index (χ4v) is 1.87. The number of rotatable bonds is 4. The fraction of sp³-hybridized carbons (Fsp3) is 0.235. The van der Waals surface area contributed by atoms with E-state index in [-0.39, 0.29) is 12.3 Å². The van der Waals surface area contributed by atoms with Crippen LogP contribution in [0.4, 0.5) is 10.1 Å². The SMILES string of the molecule is Cc1ccc(F)c(NC(=O)COc2ccc(C)c(C)c2)c1. The number of hydrogen-bond acceptors (Lipinski definition) is 2. The fourth-order valence-electron chi connectivity index (χ4n) is 1.87. The number of carbonyl (C=O) groups excluding carboxylic acids is 1. The van der Waals surface area contributed by atoms with E-state index in [1.165, 1.54) is 6.07 Å². The molecule has 0 spiro atoms. The van der Waals surface area contributed by atoms with Gasteiger partial charge < -0.3 is 10.1 Å². The molecule has 2 aromatic carbocycles. The number of aryl methyl sites for hydroxylation is 3. The lowest BCUT2D eigenvalue weighted by atomic mass is 10.1. The van der Waals surface area contributed by atoms with Crippen LogP contribution in [0.3, 0.4) is 0 Å². The van der Waals surface area contributed by atoms with Crippen molar-refractivity contribution in [1.29, 1.82) is 0 Å². The second-order valence-corrected chi connectivity index (χ2v) is 5.07. The number of anilines is 1. The lowest BCUT2D eigenvalue weighted by molar-refractivity contribution is -0.118. The van der Waals surface area contributed by atoms with Crippen molar-refractivity contribution in [3.8, 4) is 5.75 Å². The van der Waals surface area contributed by atoms with Crippen molar-refractivity contribution in [2.75, 3.05) is 11.9 Å². The number of ether oxygens (including phenoxy) is 1. The van der Waals surface area contributed by atoms with Crippen molar-refractivity contribution in [2.45, 2.75) is 20.8 Å². The van der Waals surface area contributed by atoms with Crippen LogP contribution in [0, 0.1) is 26.6 Å². The number of halogens is 1. The highest BCUT2D eigenvalue weighted by molar-refractivity contribution is 5.92. The summed E-state index contributed by atoms with van der Waals surface area (Å²) in [5, 5.41) is 2.51. The van der Waals surface area contributed by atoms with Crippen LogP contribution in [0.25, 0.3) is 0 Å². The van der Waals surface area contributed by atoms with Crippen molar-refractivity contribution < 1.29 is 13.9 Å². The summed E-state index contributed by atoms with van der Waals surface area (Å²) in [6, 6.07) is 10.2. The quantitative estimate of drug-likeness (QED) is 0.929. The third-order valence-electron chi connectivity index (χ3n) is 3.24. The summed E-state index contributed by atoms with van der Waals surface area (Å²) < 4.78 is 18.9. The Balaban J connectivity index is 1.95. The Kier molecular flexibility index (Phi) is 4.58. The Morgan fingerprint density at radius 2 is 1.86 bits per heavy atom. The van der Waals surface area contributed by atoms with E-state index in [9.17, 15) is 9.18 Å². The molecule has 3 nitrogen and oxygen atoms in total. The maximum Gasteiger partial charge on any atom is 0.262 e. The first-order chi connectivity index (χ1) is 9.95. The predicted octanol–water partition coefficient (Wildman–Crippen LogP) is 3.77. The first kappa shape index (κ1) is 15.0. The number of nitrogens with one attached hydrogen (secondary N) is 1. The van der Waals surface area contributed by atoms with Gasteiger partial charge in [0, 0.05) is 0 Å².